The summed E-state index contributed by atoms with van der Waals surface area (Å²) in [6, 6.07) is 10.5. The van der Waals surface area contributed by atoms with Gasteiger partial charge in [0.1, 0.15) is 17.9 Å². The molecule has 1 aliphatic heterocycles. The number of halogens is 3. The Morgan fingerprint density at radius 2 is 1.86 bits per heavy atom. The Morgan fingerprint density at radius 3 is 2.54 bits per heavy atom. The van der Waals surface area contributed by atoms with Gasteiger partial charge >= 0.3 is 6.03 Å². The van der Waals surface area contributed by atoms with Crippen LogP contribution in [-0.4, -0.2) is 29.9 Å². The largest absolute Gasteiger partial charge is 0.493 e. The molecule has 0 atom stereocenters. The van der Waals surface area contributed by atoms with Gasteiger partial charge in [-0.05, 0) is 48.0 Å². The lowest BCUT2D eigenvalue weighted by Gasteiger charge is -2.25. The molecule has 180 valence electrons. The van der Waals surface area contributed by atoms with Gasteiger partial charge in [-0.1, -0.05) is 40.9 Å². The number of urea groups is 1. The number of rotatable bonds is 7. The van der Waals surface area contributed by atoms with E-state index in [1.54, 1.807) is 36.4 Å². The minimum atomic E-state index is -0.839. The van der Waals surface area contributed by atoms with Crippen molar-refractivity contribution in [2.45, 2.75) is 13.2 Å². The normalized spacial score (nSPS) is 14.9. The SMILES string of the molecule is COc1cc(/C=C2\C(=O)NC(=O)N(Cc3ccco3)C2=O)cc(Cl)c1OCc1ccc(Cl)cc1Cl. The first-order chi connectivity index (χ1) is 16.8. The molecule has 0 bridgehead atoms. The molecule has 1 saturated heterocycles. The molecule has 4 amide bonds. The number of carbonyl (C=O) groups excluding carboxylic acids is 3. The lowest BCUT2D eigenvalue weighted by molar-refractivity contribution is -0.130. The van der Waals surface area contributed by atoms with Crippen LogP contribution in [0.5, 0.6) is 11.5 Å². The molecule has 4 rings (SSSR count). The van der Waals surface area contributed by atoms with E-state index in [1.807, 2.05) is 0 Å². The molecule has 2 heterocycles. The highest BCUT2D eigenvalue weighted by Gasteiger charge is 2.36. The van der Waals surface area contributed by atoms with E-state index in [-0.39, 0.29) is 35.2 Å². The van der Waals surface area contributed by atoms with Crippen molar-refractivity contribution in [2.24, 2.45) is 0 Å². The minimum Gasteiger partial charge on any atom is -0.493 e. The van der Waals surface area contributed by atoms with Gasteiger partial charge < -0.3 is 13.9 Å². The summed E-state index contributed by atoms with van der Waals surface area (Å²) in [6.45, 7) is -0.0380. The molecule has 3 aromatic rings. The van der Waals surface area contributed by atoms with Gasteiger partial charge in [-0.3, -0.25) is 19.8 Å². The summed E-state index contributed by atoms with van der Waals surface area (Å²) in [5.41, 5.74) is 0.816. The van der Waals surface area contributed by atoms with Gasteiger partial charge in [0.15, 0.2) is 11.5 Å². The number of furan rings is 1. The fraction of sp³-hybridized carbons (Fsp3) is 0.125. The highest BCUT2D eigenvalue weighted by Crippen LogP contribution is 2.38. The minimum absolute atomic E-state index is 0.0945. The average Bonchev–Trinajstić information content (AvgIpc) is 3.33. The summed E-state index contributed by atoms with van der Waals surface area (Å²) in [5.74, 6) is -0.710. The number of amides is 4. The van der Waals surface area contributed by atoms with Crippen LogP contribution in [0.2, 0.25) is 15.1 Å². The van der Waals surface area contributed by atoms with Gasteiger partial charge in [0.05, 0.1) is 24.9 Å². The fourth-order valence-electron chi connectivity index (χ4n) is 3.31. The van der Waals surface area contributed by atoms with Gasteiger partial charge in [-0.2, -0.15) is 0 Å². The average molecular weight is 536 g/mol. The summed E-state index contributed by atoms with van der Waals surface area (Å²) < 4.78 is 16.4. The van der Waals surface area contributed by atoms with E-state index < -0.39 is 17.8 Å². The molecule has 1 N–H and O–H groups in total. The maximum atomic E-state index is 12.9. The maximum absolute atomic E-state index is 12.9. The molecule has 8 nitrogen and oxygen atoms in total. The molecule has 0 aliphatic carbocycles. The second kappa shape index (κ2) is 10.4. The van der Waals surface area contributed by atoms with Crippen LogP contribution in [0.25, 0.3) is 6.08 Å². The number of imide groups is 2. The third-order valence-electron chi connectivity index (χ3n) is 5.03. The van der Waals surface area contributed by atoms with Gasteiger partial charge in [0.25, 0.3) is 11.8 Å². The number of barbiturate groups is 1. The monoisotopic (exact) mass is 534 g/mol. The van der Waals surface area contributed by atoms with Gasteiger partial charge in [0, 0.05) is 15.6 Å². The molecule has 0 unspecified atom stereocenters. The lowest BCUT2D eigenvalue weighted by Crippen LogP contribution is -2.53. The topological polar surface area (TPSA) is 98.1 Å². The first-order valence-corrected chi connectivity index (χ1v) is 11.3. The number of hydrogen-bond acceptors (Lipinski definition) is 6. The van der Waals surface area contributed by atoms with E-state index in [1.165, 1.54) is 25.5 Å². The summed E-state index contributed by atoms with van der Waals surface area (Å²) in [4.78, 5) is 38.4. The Bertz CT molecular complexity index is 1340. The predicted molar refractivity (Wildman–Crippen MR) is 130 cm³/mol. The number of ether oxygens (including phenoxy) is 2. The Hall–Kier alpha value is -3.46. The highest BCUT2D eigenvalue weighted by molar-refractivity contribution is 6.35. The third kappa shape index (κ3) is 5.45. The summed E-state index contributed by atoms with van der Waals surface area (Å²) >= 11 is 18.6. The van der Waals surface area contributed by atoms with Crippen LogP contribution < -0.4 is 14.8 Å². The summed E-state index contributed by atoms with van der Waals surface area (Å²) in [7, 11) is 1.42. The molecule has 35 heavy (non-hydrogen) atoms. The molecular weight excluding hydrogens is 519 g/mol. The van der Waals surface area contributed by atoms with E-state index in [9.17, 15) is 14.4 Å². The zero-order chi connectivity index (χ0) is 25.1. The number of hydrogen-bond donors (Lipinski definition) is 1. The van der Waals surface area contributed by atoms with Crippen molar-refractivity contribution in [3.8, 4) is 11.5 Å². The number of nitrogens with zero attached hydrogens (tertiary/aromatic N) is 1. The standard InChI is InChI=1S/C24H17Cl3N2O6/c1-33-20-9-13(8-19(27)21(20)35-12-14-4-5-15(25)10-18(14)26)7-17-22(30)28-24(32)29(23(17)31)11-16-3-2-6-34-16/h2-10H,11-12H2,1H3,(H,28,30,32)/b17-7+. The maximum Gasteiger partial charge on any atom is 0.331 e. The highest BCUT2D eigenvalue weighted by atomic mass is 35.5. The summed E-state index contributed by atoms with van der Waals surface area (Å²) in [6.07, 6.45) is 2.73. The van der Waals surface area contributed by atoms with Gasteiger partial charge in [0.2, 0.25) is 0 Å². The van der Waals surface area contributed by atoms with E-state index >= 15 is 0 Å². The molecule has 0 radical (unpaired) electrons. The molecule has 1 fully saturated rings. The Morgan fingerprint density at radius 1 is 1.06 bits per heavy atom. The Balaban J connectivity index is 1.60. The lowest BCUT2D eigenvalue weighted by atomic mass is 10.1. The van der Waals surface area contributed by atoms with Crippen molar-refractivity contribution in [3.05, 3.63) is 86.3 Å². The van der Waals surface area contributed by atoms with E-state index in [0.717, 1.165) is 4.90 Å². The van der Waals surface area contributed by atoms with E-state index in [2.05, 4.69) is 5.32 Å². The van der Waals surface area contributed by atoms with Crippen molar-refractivity contribution in [1.82, 2.24) is 10.2 Å². The molecular formula is C24H17Cl3N2O6. The second-order valence-corrected chi connectivity index (χ2v) is 8.60. The van der Waals surface area contributed by atoms with Crippen molar-refractivity contribution >= 4 is 58.7 Å². The van der Waals surface area contributed by atoms with Crippen LogP contribution in [0, 0.1) is 0 Å². The predicted octanol–water partition coefficient (Wildman–Crippen LogP) is 5.49. The van der Waals surface area contributed by atoms with Crippen molar-refractivity contribution < 1.29 is 28.3 Å². The van der Waals surface area contributed by atoms with Crippen LogP contribution in [0.15, 0.2) is 58.7 Å². The number of methoxy groups -OCH3 is 1. The van der Waals surface area contributed by atoms with Crippen LogP contribution >= 0.6 is 34.8 Å². The third-order valence-corrected chi connectivity index (χ3v) is 5.90. The van der Waals surface area contributed by atoms with Crippen LogP contribution in [0.4, 0.5) is 4.79 Å². The van der Waals surface area contributed by atoms with E-state index in [4.69, 9.17) is 48.7 Å². The van der Waals surface area contributed by atoms with Crippen LogP contribution in [0.3, 0.4) is 0 Å². The second-order valence-electron chi connectivity index (χ2n) is 7.35. The van der Waals surface area contributed by atoms with Crippen molar-refractivity contribution in [3.63, 3.8) is 0 Å². The molecule has 11 heteroatoms. The summed E-state index contributed by atoms with van der Waals surface area (Å²) in [5, 5.41) is 3.26. The first-order valence-electron chi connectivity index (χ1n) is 10.1. The number of carbonyl (C=O) groups is 3. The number of benzene rings is 2. The van der Waals surface area contributed by atoms with Crippen LogP contribution in [-0.2, 0) is 22.7 Å². The van der Waals surface area contributed by atoms with E-state index in [0.29, 0.717) is 26.9 Å². The quantitative estimate of drug-likeness (QED) is 0.317. The molecule has 0 spiro atoms. The van der Waals surface area contributed by atoms with Gasteiger partial charge in [-0.25, -0.2) is 4.79 Å². The van der Waals surface area contributed by atoms with Crippen molar-refractivity contribution in [2.75, 3.05) is 7.11 Å². The fourth-order valence-corrected chi connectivity index (χ4v) is 4.05. The van der Waals surface area contributed by atoms with Crippen LogP contribution in [0.1, 0.15) is 16.9 Å². The Labute approximate surface area is 214 Å². The number of nitrogens with one attached hydrogen (secondary N) is 1. The Kier molecular flexibility index (Phi) is 7.35. The first kappa shape index (κ1) is 24.7. The zero-order valence-corrected chi connectivity index (χ0v) is 20.4. The molecule has 1 aromatic heterocycles. The molecule has 0 saturated carbocycles. The zero-order valence-electron chi connectivity index (χ0n) is 18.1. The smallest absolute Gasteiger partial charge is 0.331 e. The van der Waals surface area contributed by atoms with Gasteiger partial charge in [-0.15, -0.1) is 0 Å². The molecule has 2 aromatic carbocycles. The van der Waals surface area contributed by atoms with Crippen molar-refractivity contribution in [1.29, 1.82) is 0 Å². The molecule has 1 aliphatic rings.